The first-order valence-corrected chi connectivity index (χ1v) is 9.84. The monoisotopic (exact) mass is 385 g/mol. The second-order valence-corrected chi connectivity index (χ2v) is 6.84. The number of imidazole rings is 1. The van der Waals surface area contributed by atoms with Crippen molar-refractivity contribution < 1.29 is 14.4 Å². The van der Waals surface area contributed by atoms with Crippen molar-refractivity contribution in [2.24, 2.45) is 0 Å². The molecule has 150 valence electrons. The number of nitrogens with zero attached hydrogens (tertiary/aromatic N) is 4. The van der Waals surface area contributed by atoms with Gasteiger partial charge in [-0.3, -0.25) is 24.6 Å². The Hall–Kier alpha value is -2.74. The number of fused-ring (bicyclic) bond motifs is 1. The van der Waals surface area contributed by atoms with Crippen molar-refractivity contribution >= 4 is 34.7 Å². The van der Waals surface area contributed by atoms with Gasteiger partial charge >= 0.3 is 0 Å². The van der Waals surface area contributed by atoms with E-state index in [-0.39, 0.29) is 43.5 Å². The number of carbonyl (C=O) groups is 3. The Balaban J connectivity index is 1.70. The number of hydrogen-bond donors (Lipinski definition) is 1. The summed E-state index contributed by atoms with van der Waals surface area (Å²) in [6.45, 7) is 7.85. The number of anilines is 1. The number of imide groups is 1. The van der Waals surface area contributed by atoms with Gasteiger partial charge in [0.1, 0.15) is 0 Å². The lowest BCUT2D eigenvalue weighted by molar-refractivity contribution is -0.138. The zero-order chi connectivity index (χ0) is 20.1. The second kappa shape index (κ2) is 8.97. The maximum absolute atomic E-state index is 12.4. The van der Waals surface area contributed by atoms with Crippen LogP contribution in [0.5, 0.6) is 0 Å². The van der Waals surface area contributed by atoms with Crippen molar-refractivity contribution in [3.8, 4) is 0 Å². The van der Waals surface area contributed by atoms with Crippen molar-refractivity contribution in [3.05, 3.63) is 24.3 Å². The molecule has 28 heavy (non-hydrogen) atoms. The van der Waals surface area contributed by atoms with Gasteiger partial charge in [0.2, 0.25) is 23.7 Å². The molecule has 8 heteroatoms. The highest BCUT2D eigenvalue weighted by Crippen LogP contribution is 2.20. The highest BCUT2D eigenvalue weighted by atomic mass is 16.2. The summed E-state index contributed by atoms with van der Waals surface area (Å²) in [7, 11) is 0. The lowest BCUT2D eigenvalue weighted by Crippen LogP contribution is -2.32. The summed E-state index contributed by atoms with van der Waals surface area (Å²) in [5, 5.41) is 2.86. The molecule has 0 saturated carbocycles. The average Bonchev–Trinajstić information content (AvgIpc) is 3.20. The highest BCUT2D eigenvalue weighted by molar-refractivity contribution is 6.02. The minimum atomic E-state index is -0.258. The van der Waals surface area contributed by atoms with Crippen LogP contribution in [-0.2, 0) is 20.9 Å². The fourth-order valence-corrected chi connectivity index (χ4v) is 3.45. The molecule has 3 rings (SSSR count). The molecule has 1 aliphatic rings. The van der Waals surface area contributed by atoms with Crippen molar-refractivity contribution in [2.75, 3.05) is 31.5 Å². The van der Waals surface area contributed by atoms with E-state index in [2.05, 4.69) is 29.0 Å². The van der Waals surface area contributed by atoms with Crippen LogP contribution in [0.2, 0.25) is 0 Å². The number of amides is 3. The summed E-state index contributed by atoms with van der Waals surface area (Å²) in [4.78, 5) is 43.8. The fraction of sp³-hybridized carbons (Fsp3) is 0.500. The van der Waals surface area contributed by atoms with Crippen LogP contribution in [0.15, 0.2) is 24.3 Å². The maximum Gasteiger partial charge on any atom is 0.229 e. The summed E-state index contributed by atoms with van der Waals surface area (Å²) < 4.78 is 2.01. The lowest BCUT2D eigenvalue weighted by atomic mass is 10.3. The number of para-hydroxylation sites is 2. The largest absolute Gasteiger partial charge is 0.309 e. The smallest absolute Gasteiger partial charge is 0.229 e. The van der Waals surface area contributed by atoms with Gasteiger partial charge in [-0.05, 0) is 25.2 Å². The number of aromatic nitrogens is 2. The van der Waals surface area contributed by atoms with Gasteiger partial charge in [-0.2, -0.15) is 0 Å². The van der Waals surface area contributed by atoms with Gasteiger partial charge in [0.25, 0.3) is 0 Å². The molecular weight excluding hydrogens is 358 g/mol. The van der Waals surface area contributed by atoms with Gasteiger partial charge in [0.05, 0.1) is 11.0 Å². The van der Waals surface area contributed by atoms with Crippen LogP contribution in [0.1, 0.15) is 33.1 Å². The van der Waals surface area contributed by atoms with E-state index >= 15 is 0 Å². The number of rotatable bonds is 9. The Kier molecular flexibility index (Phi) is 6.41. The summed E-state index contributed by atoms with van der Waals surface area (Å²) in [6, 6.07) is 7.77. The predicted octanol–water partition coefficient (Wildman–Crippen LogP) is 1.86. The van der Waals surface area contributed by atoms with E-state index in [0.29, 0.717) is 12.5 Å². The lowest BCUT2D eigenvalue weighted by Gasteiger charge is -2.19. The topological polar surface area (TPSA) is 87.5 Å². The molecule has 0 aliphatic carbocycles. The van der Waals surface area contributed by atoms with E-state index < -0.39 is 0 Å². The molecule has 2 aromatic rings. The number of nitrogens with one attached hydrogen (secondary N) is 1. The number of likely N-dealkylation sites (tertiary alicyclic amines) is 1. The van der Waals surface area contributed by atoms with E-state index in [4.69, 9.17) is 0 Å². The van der Waals surface area contributed by atoms with Crippen LogP contribution in [0.3, 0.4) is 0 Å². The van der Waals surface area contributed by atoms with Crippen LogP contribution >= 0.6 is 0 Å². The van der Waals surface area contributed by atoms with Crippen LogP contribution in [-0.4, -0.2) is 63.3 Å². The molecular formula is C20H27N5O3. The number of likely N-dealkylation sites (N-methyl/N-ethyl adjacent to an activating group) is 1. The first-order valence-electron chi connectivity index (χ1n) is 9.84. The van der Waals surface area contributed by atoms with Crippen molar-refractivity contribution in [1.29, 1.82) is 0 Å². The van der Waals surface area contributed by atoms with Gasteiger partial charge in [0.15, 0.2) is 0 Å². The zero-order valence-electron chi connectivity index (χ0n) is 16.5. The van der Waals surface area contributed by atoms with Gasteiger partial charge in [0, 0.05) is 38.9 Å². The Morgan fingerprint density at radius 1 is 1.11 bits per heavy atom. The first-order chi connectivity index (χ1) is 13.5. The molecule has 1 saturated heterocycles. The van der Waals surface area contributed by atoms with Crippen LogP contribution in [0.4, 0.5) is 5.95 Å². The molecule has 8 nitrogen and oxygen atoms in total. The Morgan fingerprint density at radius 2 is 1.79 bits per heavy atom. The van der Waals surface area contributed by atoms with E-state index in [9.17, 15) is 14.4 Å². The second-order valence-electron chi connectivity index (χ2n) is 6.84. The van der Waals surface area contributed by atoms with Crippen LogP contribution in [0, 0.1) is 0 Å². The number of carbonyl (C=O) groups excluding carboxylic acids is 3. The minimum Gasteiger partial charge on any atom is -0.309 e. The van der Waals surface area contributed by atoms with E-state index in [1.807, 2.05) is 28.8 Å². The molecule has 0 radical (unpaired) electrons. The average molecular weight is 385 g/mol. The molecule has 1 fully saturated rings. The Labute approximate surface area is 164 Å². The first kappa shape index (κ1) is 20.0. The quantitative estimate of drug-likeness (QED) is 0.666. The highest BCUT2D eigenvalue weighted by Gasteiger charge is 2.29. The molecule has 3 amide bonds. The molecule has 0 spiro atoms. The molecule has 1 aliphatic heterocycles. The minimum absolute atomic E-state index is 0.0662. The van der Waals surface area contributed by atoms with Gasteiger partial charge in [-0.1, -0.05) is 26.0 Å². The van der Waals surface area contributed by atoms with Gasteiger partial charge in [-0.15, -0.1) is 0 Å². The van der Waals surface area contributed by atoms with E-state index in [1.165, 1.54) is 4.90 Å². The zero-order valence-corrected chi connectivity index (χ0v) is 16.5. The molecule has 0 unspecified atom stereocenters. The third-order valence-corrected chi connectivity index (χ3v) is 5.16. The van der Waals surface area contributed by atoms with Crippen molar-refractivity contribution in [1.82, 2.24) is 19.4 Å². The normalized spacial score (nSPS) is 14.5. The SMILES string of the molecule is CCN(CC)CCn1c(NC(=O)CCN2C(=O)CCC2=O)nc2ccccc21. The third kappa shape index (κ3) is 4.39. The van der Waals surface area contributed by atoms with E-state index in [0.717, 1.165) is 30.7 Å². The summed E-state index contributed by atoms with van der Waals surface area (Å²) >= 11 is 0. The molecule has 0 atom stereocenters. The summed E-state index contributed by atoms with van der Waals surface area (Å²) in [6.07, 6.45) is 0.542. The van der Waals surface area contributed by atoms with Gasteiger partial charge < -0.3 is 9.47 Å². The van der Waals surface area contributed by atoms with E-state index in [1.54, 1.807) is 0 Å². The fourth-order valence-electron chi connectivity index (χ4n) is 3.45. The molecule has 1 aromatic carbocycles. The predicted molar refractivity (Wildman–Crippen MR) is 107 cm³/mol. The van der Waals surface area contributed by atoms with Crippen molar-refractivity contribution in [2.45, 2.75) is 39.7 Å². The number of hydrogen-bond acceptors (Lipinski definition) is 5. The Bertz CT molecular complexity index is 856. The number of benzene rings is 1. The molecule has 0 bridgehead atoms. The maximum atomic E-state index is 12.4. The molecule has 1 aromatic heterocycles. The van der Waals surface area contributed by atoms with Crippen LogP contribution in [0.25, 0.3) is 11.0 Å². The summed E-state index contributed by atoms with van der Waals surface area (Å²) in [5.74, 6) is -0.169. The molecule has 1 N–H and O–H groups in total. The molecule has 2 heterocycles. The standard InChI is InChI=1S/C20H27N5O3/c1-3-23(4-2)13-14-24-16-8-6-5-7-15(16)21-20(24)22-17(26)11-12-25-18(27)9-10-19(25)28/h5-8H,3-4,9-14H2,1-2H3,(H,21,22,26). The summed E-state index contributed by atoms with van der Waals surface area (Å²) in [5.41, 5.74) is 1.79. The van der Waals surface area contributed by atoms with Gasteiger partial charge in [-0.25, -0.2) is 4.98 Å². The van der Waals surface area contributed by atoms with Crippen LogP contribution < -0.4 is 5.32 Å². The third-order valence-electron chi connectivity index (χ3n) is 5.16. The van der Waals surface area contributed by atoms with Crippen molar-refractivity contribution in [3.63, 3.8) is 0 Å². The Morgan fingerprint density at radius 3 is 2.46 bits per heavy atom.